The fourth-order valence-corrected chi connectivity index (χ4v) is 5.52. The first-order valence-corrected chi connectivity index (χ1v) is 11.3. The Labute approximate surface area is 175 Å². The monoisotopic (exact) mass is 418 g/mol. The van der Waals surface area contributed by atoms with Crippen LogP contribution in [0.3, 0.4) is 0 Å². The normalized spacial score (nSPS) is 20.8. The molecule has 1 aromatic heterocycles. The van der Waals surface area contributed by atoms with E-state index in [0.29, 0.717) is 11.6 Å². The van der Waals surface area contributed by atoms with Crippen molar-refractivity contribution < 1.29 is 9.53 Å². The lowest BCUT2D eigenvalue weighted by Gasteiger charge is -2.35. The van der Waals surface area contributed by atoms with E-state index in [2.05, 4.69) is 27.7 Å². The van der Waals surface area contributed by atoms with E-state index in [1.807, 2.05) is 24.3 Å². The Kier molecular flexibility index (Phi) is 6.36. The molecule has 28 heavy (non-hydrogen) atoms. The van der Waals surface area contributed by atoms with Gasteiger partial charge in [-0.25, -0.2) is 0 Å². The van der Waals surface area contributed by atoms with Crippen LogP contribution in [0.15, 0.2) is 41.8 Å². The number of hydrogen-bond acceptors (Lipinski definition) is 4. The standard InChI is InChI=1S/C22H27ClN2O2S/c23-18-7-5-17(6-8-18)22(9-1-2-10-22)21(26)24-16-19(20-4-3-15-28-20)25-11-13-27-14-12-25/h3-8,15,19H,1-2,9-14,16H2,(H,24,26)/t19-/m0/s1. The van der Waals surface area contributed by atoms with E-state index < -0.39 is 5.41 Å². The number of halogens is 1. The number of thiophene rings is 1. The summed E-state index contributed by atoms with van der Waals surface area (Å²) in [5.41, 5.74) is 0.668. The van der Waals surface area contributed by atoms with E-state index in [0.717, 1.165) is 57.6 Å². The van der Waals surface area contributed by atoms with Crippen LogP contribution in [0.2, 0.25) is 5.02 Å². The van der Waals surface area contributed by atoms with Crippen LogP contribution in [0.1, 0.15) is 42.2 Å². The van der Waals surface area contributed by atoms with Crippen LogP contribution in [0.4, 0.5) is 0 Å². The molecule has 4 rings (SSSR count). The number of carbonyl (C=O) groups excluding carboxylic acids is 1. The number of hydrogen-bond donors (Lipinski definition) is 1. The van der Waals surface area contributed by atoms with E-state index >= 15 is 0 Å². The van der Waals surface area contributed by atoms with Gasteiger partial charge in [0.25, 0.3) is 0 Å². The molecule has 1 atom stereocenters. The van der Waals surface area contributed by atoms with Crippen LogP contribution in [-0.4, -0.2) is 43.7 Å². The molecule has 0 bridgehead atoms. The second-order valence-corrected chi connectivity index (χ2v) is 9.10. The van der Waals surface area contributed by atoms with Crippen LogP contribution >= 0.6 is 22.9 Å². The zero-order chi connectivity index (χ0) is 19.4. The van der Waals surface area contributed by atoms with Crippen molar-refractivity contribution in [3.8, 4) is 0 Å². The molecule has 6 heteroatoms. The van der Waals surface area contributed by atoms with Crippen molar-refractivity contribution in [2.24, 2.45) is 0 Å². The summed E-state index contributed by atoms with van der Waals surface area (Å²) in [7, 11) is 0. The summed E-state index contributed by atoms with van der Waals surface area (Å²) in [5.74, 6) is 0.155. The Morgan fingerprint density at radius 3 is 2.54 bits per heavy atom. The van der Waals surface area contributed by atoms with E-state index in [-0.39, 0.29) is 11.9 Å². The van der Waals surface area contributed by atoms with Crippen molar-refractivity contribution in [3.05, 3.63) is 57.2 Å². The quantitative estimate of drug-likeness (QED) is 0.755. The van der Waals surface area contributed by atoms with Crippen molar-refractivity contribution in [1.82, 2.24) is 10.2 Å². The van der Waals surface area contributed by atoms with Gasteiger partial charge < -0.3 is 10.1 Å². The van der Waals surface area contributed by atoms with E-state index in [1.165, 1.54) is 4.88 Å². The smallest absolute Gasteiger partial charge is 0.230 e. The minimum atomic E-state index is -0.421. The van der Waals surface area contributed by atoms with Gasteiger partial charge in [0.2, 0.25) is 5.91 Å². The molecule has 1 N–H and O–H groups in total. The largest absolute Gasteiger partial charge is 0.379 e. The Balaban J connectivity index is 1.51. The first-order valence-electron chi connectivity index (χ1n) is 10.1. The highest BCUT2D eigenvalue weighted by Crippen LogP contribution is 2.42. The fraction of sp³-hybridized carbons (Fsp3) is 0.500. The summed E-state index contributed by atoms with van der Waals surface area (Å²) in [4.78, 5) is 17.2. The number of ether oxygens (including phenoxy) is 1. The fourth-order valence-electron chi connectivity index (χ4n) is 4.53. The topological polar surface area (TPSA) is 41.6 Å². The average molecular weight is 419 g/mol. The highest BCUT2D eigenvalue weighted by Gasteiger charge is 2.42. The molecule has 2 aliphatic rings. The highest BCUT2D eigenvalue weighted by atomic mass is 35.5. The molecule has 4 nitrogen and oxygen atoms in total. The summed E-state index contributed by atoms with van der Waals surface area (Å²) < 4.78 is 5.52. The highest BCUT2D eigenvalue weighted by molar-refractivity contribution is 7.10. The van der Waals surface area contributed by atoms with Gasteiger partial charge in [0.1, 0.15) is 0 Å². The van der Waals surface area contributed by atoms with Crippen molar-refractivity contribution in [2.45, 2.75) is 37.1 Å². The van der Waals surface area contributed by atoms with Crippen LogP contribution in [0, 0.1) is 0 Å². The third-order valence-electron chi connectivity index (χ3n) is 6.10. The molecule has 0 radical (unpaired) electrons. The minimum Gasteiger partial charge on any atom is -0.379 e. The Bertz CT molecular complexity index is 766. The first-order chi connectivity index (χ1) is 13.7. The molecule has 2 heterocycles. The number of carbonyl (C=O) groups is 1. The van der Waals surface area contributed by atoms with Gasteiger partial charge in [-0.1, -0.05) is 42.6 Å². The van der Waals surface area contributed by atoms with E-state index in [9.17, 15) is 4.79 Å². The lowest BCUT2D eigenvalue weighted by molar-refractivity contribution is -0.127. The van der Waals surface area contributed by atoms with Gasteiger partial charge in [-0.2, -0.15) is 0 Å². The van der Waals surface area contributed by atoms with Gasteiger partial charge in [0.05, 0.1) is 24.7 Å². The molecule has 0 spiro atoms. The van der Waals surface area contributed by atoms with Crippen LogP contribution in [0.25, 0.3) is 0 Å². The summed E-state index contributed by atoms with van der Waals surface area (Å²) in [6.45, 7) is 3.95. The summed E-state index contributed by atoms with van der Waals surface area (Å²) >= 11 is 7.83. The molecular formula is C22H27ClN2O2S. The van der Waals surface area contributed by atoms with Gasteiger partial charge >= 0.3 is 0 Å². The third kappa shape index (κ3) is 4.13. The first kappa shape index (κ1) is 19.9. The van der Waals surface area contributed by atoms with Gasteiger partial charge in [0, 0.05) is 29.5 Å². The maximum absolute atomic E-state index is 13.4. The predicted molar refractivity (Wildman–Crippen MR) is 114 cm³/mol. The number of nitrogens with one attached hydrogen (secondary N) is 1. The van der Waals surface area contributed by atoms with E-state index in [4.69, 9.17) is 16.3 Å². The SMILES string of the molecule is O=C(NC[C@@H](c1cccs1)N1CCOCC1)C1(c2ccc(Cl)cc2)CCCC1. The maximum Gasteiger partial charge on any atom is 0.230 e. The molecule has 1 aromatic carbocycles. The molecule has 1 saturated heterocycles. The van der Waals surface area contributed by atoms with Crippen LogP contribution < -0.4 is 5.32 Å². The Morgan fingerprint density at radius 1 is 1.18 bits per heavy atom. The maximum atomic E-state index is 13.4. The molecular weight excluding hydrogens is 392 g/mol. The predicted octanol–water partition coefficient (Wildman–Crippen LogP) is 4.40. The van der Waals surface area contributed by atoms with Crippen LogP contribution in [-0.2, 0) is 14.9 Å². The second-order valence-electron chi connectivity index (χ2n) is 7.69. The van der Waals surface area contributed by atoms with E-state index in [1.54, 1.807) is 11.3 Å². The minimum absolute atomic E-state index is 0.155. The molecule has 1 aliphatic heterocycles. The number of rotatable bonds is 6. The molecule has 2 aromatic rings. The average Bonchev–Trinajstić information content (AvgIpc) is 3.42. The Hall–Kier alpha value is -1.40. The van der Waals surface area contributed by atoms with Crippen molar-refractivity contribution >= 4 is 28.8 Å². The second kappa shape index (κ2) is 8.95. The molecule has 0 unspecified atom stereocenters. The molecule has 2 fully saturated rings. The van der Waals surface area contributed by atoms with Gasteiger partial charge in [-0.05, 0) is 42.0 Å². The van der Waals surface area contributed by atoms with Crippen molar-refractivity contribution in [2.75, 3.05) is 32.8 Å². The molecule has 1 amide bonds. The van der Waals surface area contributed by atoms with Crippen LogP contribution in [0.5, 0.6) is 0 Å². The van der Waals surface area contributed by atoms with Crippen molar-refractivity contribution in [1.29, 1.82) is 0 Å². The number of amides is 1. The molecule has 1 saturated carbocycles. The third-order valence-corrected chi connectivity index (χ3v) is 7.33. The number of morpholine rings is 1. The van der Waals surface area contributed by atoms with Gasteiger partial charge in [-0.15, -0.1) is 11.3 Å². The van der Waals surface area contributed by atoms with Crippen molar-refractivity contribution in [3.63, 3.8) is 0 Å². The number of nitrogens with zero attached hydrogens (tertiary/aromatic N) is 1. The molecule has 150 valence electrons. The Morgan fingerprint density at radius 2 is 1.89 bits per heavy atom. The lowest BCUT2D eigenvalue weighted by Crippen LogP contribution is -2.48. The summed E-state index contributed by atoms with van der Waals surface area (Å²) in [6.07, 6.45) is 3.99. The zero-order valence-electron chi connectivity index (χ0n) is 16.0. The molecule has 1 aliphatic carbocycles. The van der Waals surface area contributed by atoms with Gasteiger partial charge in [-0.3, -0.25) is 9.69 Å². The summed E-state index contributed by atoms with van der Waals surface area (Å²) in [5, 5.41) is 6.13. The lowest BCUT2D eigenvalue weighted by atomic mass is 9.78. The van der Waals surface area contributed by atoms with Gasteiger partial charge in [0.15, 0.2) is 0 Å². The zero-order valence-corrected chi connectivity index (χ0v) is 17.6. The summed E-state index contributed by atoms with van der Waals surface area (Å²) in [6, 6.07) is 12.3. The number of benzene rings is 1.